The summed E-state index contributed by atoms with van der Waals surface area (Å²) in [4.78, 5) is 14.3. The summed E-state index contributed by atoms with van der Waals surface area (Å²) in [5.74, 6) is 0.0483. The van der Waals surface area contributed by atoms with Gasteiger partial charge >= 0.3 is 0 Å². The van der Waals surface area contributed by atoms with E-state index >= 15 is 0 Å². The molecule has 1 aromatic carbocycles. The van der Waals surface area contributed by atoms with Crippen molar-refractivity contribution in [3.8, 4) is 0 Å². The monoisotopic (exact) mass is 281 g/mol. The maximum Gasteiger partial charge on any atom is 0.178 e. The first kappa shape index (κ1) is 14.5. The highest BCUT2D eigenvalue weighted by Gasteiger charge is 2.26. The molecule has 1 aromatic rings. The van der Waals surface area contributed by atoms with Crippen LogP contribution in [0.4, 0.5) is 0 Å². The Hall–Kier alpha value is -0.900. The third-order valence-corrected chi connectivity index (χ3v) is 4.03. The molecule has 0 bridgehead atoms. The molecular weight excluding hydrogens is 262 g/mol. The molecule has 1 N–H and O–H groups in total. The smallest absolute Gasteiger partial charge is 0.178 e. The number of Topliss-reactive ketones (excluding diaryl/α,β-unsaturated/α-hetero) is 1. The van der Waals surface area contributed by atoms with E-state index < -0.39 is 5.60 Å². The van der Waals surface area contributed by atoms with E-state index in [1.807, 2.05) is 19.1 Å². The van der Waals surface area contributed by atoms with Crippen LogP contribution < -0.4 is 0 Å². The normalized spacial score (nSPS) is 25.0. The molecule has 1 saturated heterocycles. The molecular formula is C15H20ClNO2. The number of ketones is 1. The summed E-state index contributed by atoms with van der Waals surface area (Å²) in [6.07, 6.45) is 2.43. The van der Waals surface area contributed by atoms with Gasteiger partial charge in [-0.2, -0.15) is 0 Å². The lowest BCUT2D eigenvalue weighted by Crippen LogP contribution is -2.32. The first-order chi connectivity index (χ1) is 8.98. The van der Waals surface area contributed by atoms with Crippen molar-refractivity contribution in [1.29, 1.82) is 0 Å². The Labute approximate surface area is 119 Å². The van der Waals surface area contributed by atoms with Gasteiger partial charge in [0.15, 0.2) is 5.78 Å². The average Bonchev–Trinajstić information content (AvgIpc) is 2.51. The van der Waals surface area contributed by atoms with Gasteiger partial charge in [0.05, 0.1) is 17.2 Å². The second-order valence-corrected chi connectivity index (χ2v) is 5.94. The Morgan fingerprint density at radius 1 is 1.37 bits per heavy atom. The predicted molar refractivity (Wildman–Crippen MR) is 76.7 cm³/mol. The number of halogens is 1. The molecule has 1 unspecified atom stereocenters. The van der Waals surface area contributed by atoms with Crippen LogP contribution >= 0.6 is 11.6 Å². The minimum atomic E-state index is -0.595. The number of carbonyl (C=O) groups is 1. The van der Waals surface area contributed by atoms with Crippen molar-refractivity contribution in [3.63, 3.8) is 0 Å². The predicted octanol–water partition coefficient (Wildman–Crippen LogP) is 2.76. The standard InChI is InChI=1S/C15H20ClNO2/c1-15(19)7-4-9-17(10-8-15)11-14(18)12-5-2-3-6-13(12)16/h2-3,5-6,19H,4,7-11H2,1H3. The van der Waals surface area contributed by atoms with E-state index in [2.05, 4.69) is 4.90 Å². The van der Waals surface area contributed by atoms with Gasteiger partial charge in [-0.25, -0.2) is 0 Å². The highest BCUT2D eigenvalue weighted by atomic mass is 35.5. The number of rotatable bonds is 3. The summed E-state index contributed by atoms with van der Waals surface area (Å²) in [5.41, 5.74) is -0.0116. The molecule has 1 fully saturated rings. The quantitative estimate of drug-likeness (QED) is 0.866. The topological polar surface area (TPSA) is 40.5 Å². The number of likely N-dealkylation sites (tertiary alicyclic amines) is 1. The van der Waals surface area contributed by atoms with Crippen molar-refractivity contribution < 1.29 is 9.90 Å². The summed E-state index contributed by atoms with van der Waals surface area (Å²) in [6, 6.07) is 7.15. The molecule has 1 heterocycles. The van der Waals surface area contributed by atoms with Crippen molar-refractivity contribution in [2.45, 2.75) is 31.8 Å². The first-order valence-corrected chi connectivity index (χ1v) is 7.08. The molecule has 104 valence electrons. The molecule has 0 aliphatic carbocycles. The van der Waals surface area contributed by atoms with Crippen LogP contribution in [-0.4, -0.2) is 41.0 Å². The number of hydrogen-bond acceptors (Lipinski definition) is 3. The van der Waals surface area contributed by atoms with Crippen LogP contribution in [-0.2, 0) is 0 Å². The highest BCUT2D eigenvalue weighted by molar-refractivity contribution is 6.34. The van der Waals surface area contributed by atoms with E-state index in [4.69, 9.17) is 11.6 Å². The van der Waals surface area contributed by atoms with Crippen LogP contribution in [0.3, 0.4) is 0 Å². The average molecular weight is 282 g/mol. The molecule has 1 aliphatic rings. The van der Waals surface area contributed by atoms with Crippen LogP contribution in [0.2, 0.25) is 5.02 Å². The van der Waals surface area contributed by atoms with Crippen LogP contribution in [0.25, 0.3) is 0 Å². The van der Waals surface area contributed by atoms with E-state index in [-0.39, 0.29) is 5.78 Å². The Kier molecular flexibility index (Phi) is 4.61. The highest BCUT2D eigenvalue weighted by Crippen LogP contribution is 2.22. The van der Waals surface area contributed by atoms with E-state index in [1.165, 1.54) is 0 Å². The lowest BCUT2D eigenvalue weighted by molar-refractivity contribution is 0.0444. The van der Waals surface area contributed by atoms with Crippen molar-refractivity contribution in [3.05, 3.63) is 34.9 Å². The molecule has 1 aliphatic heterocycles. The van der Waals surface area contributed by atoms with Crippen LogP contribution in [0.1, 0.15) is 36.5 Å². The summed E-state index contributed by atoms with van der Waals surface area (Å²) >= 11 is 6.03. The number of carbonyl (C=O) groups excluding carboxylic acids is 1. The minimum absolute atomic E-state index is 0.0483. The molecule has 2 rings (SSSR count). The van der Waals surface area contributed by atoms with E-state index in [0.29, 0.717) is 23.6 Å². The van der Waals surface area contributed by atoms with Crippen LogP contribution in [0.5, 0.6) is 0 Å². The molecule has 4 heteroatoms. The molecule has 0 amide bonds. The van der Waals surface area contributed by atoms with E-state index in [9.17, 15) is 9.90 Å². The van der Waals surface area contributed by atoms with Crippen molar-refractivity contribution in [1.82, 2.24) is 4.90 Å². The Balaban J connectivity index is 1.98. The maximum absolute atomic E-state index is 12.2. The fourth-order valence-electron chi connectivity index (χ4n) is 2.45. The lowest BCUT2D eigenvalue weighted by atomic mass is 9.98. The summed E-state index contributed by atoms with van der Waals surface area (Å²) in [7, 11) is 0. The Morgan fingerprint density at radius 2 is 2.11 bits per heavy atom. The van der Waals surface area contributed by atoms with Gasteiger partial charge in [-0.1, -0.05) is 23.7 Å². The molecule has 0 aromatic heterocycles. The van der Waals surface area contributed by atoms with Gasteiger partial charge in [-0.15, -0.1) is 0 Å². The van der Waals surface area contributed by atoms with Gasteiger partial charge in [0.1, 0.15) is 0 Å². The number of hydrogen-bond donors (Lipinski definition) is 1. The van der Waals surface area contributed by atoms with Crippen LogP contribution in [0, 0.1) is 0 Å². The summed E-state index contributed by atoms with van der Waals surface area (Å²) < 4.78 is 0. The van der Waals surface area contributed by atoms with Gasteiger partial charge in [-0.3, -0.25) is 9.69 Å². The van der Waals surface area contributed by atoms with E-state index in [0.717, 1.165) is 25.9 Å². The van der Waals surface area contributed by atoms with Crippen molar-refractivity contribution in [2.75, 3.05) is 19.6 Å². The third-order valence-electron chi connectivity index (χ3n) is 3.70. The van der Waals surface area contributed by atoms with Gasteiger partial charge < -0.3 is 5.11 Å². The minimum Gasteiger partial charge on any atom is -0.390 e. The molecule has 19 heavy (non-hydrogen) atoms. The SMILES string of the molecule is CC1(O)CCCN(CC(=O)c2ccccc2Cl)CC1. The molecule has 3 nitrogen and oxygen atoms in total. The Bertz CT molecular complexity index is 459. The third kappa shape index (κ3) is 4.03. The first-order valence-electron chi connectivity index (χ1n) is 6.70. The van der Waals surface area contributed by atoms with Gasteiger partial charge in [-0.05, 0) is 44.9 Å². The second kappa shape index (κ2) is 6.04. The number of benzene rings is 1. The van der Waals surface area contributed by atoms with Crippen LogP contribution in [0.15, 0.2) is 24.3 Å². The largest absolute Gasteiger partial charge is 0.390 e. The van der Waals surface area contributed by atoms with Crippen molar-refractivity contribution >= 4 is 17.4 Å². The fraction of sp³-hybridized carbons (Fsp3) is 0.533. The molecule has 0 spiro atoms. The lowest BCUT2D eigenvalue weighted by Gasteiger charge is -2.22. The summed E-state index contributed by atoms with van der Waals surface area (Å²) in [5, 5.41) is 10.5. The molecule has 0 saturated carbocycles. The van der Waals surface area contributed by atoms with Gasteiger partial charge in [0, 0.05) is 12.1 Å². The number of nitrogens with zero attached hydrogens (tertiary/aromatic N) is 1. The zero-order valence-corrected chi connectivity index (χ0v) is 12.0. The zero-order chi connectivity index (χ0) is 13.9. The van der Waals surface area contributed by atoms with E-state index in [1.54, 1.807) is 12.1 Å². The maximum atomic E-state index is 12.2. The second-order valence-electron chi connectivity index (χ2n) is 5.53. The number of aliphatic hydroxyl groups is 1. The summed E-state index contributed by atoms with van der Waals surface area (Å²) in [6.45, 7) is 3.85. The molecule has 1 atom stereocenters. The molecule has 0 radical (unpaired) electrons. The van der Waals surface area contributed by atoms with Gasteiger partial charge in [0.2, 0.25) is 0 Å². The van der Waals surface area contributed by atoms with Gasteiger partial charge in [0.25, 0.3) is 0 Å². The zero-order valence-electron chi connectivity index (χ0n) is 11.2. The Morgan fingerprint density at radius 3 is 2.84 bits per heavy atom. The fourth-order valence-corrected chi connectivity index (χ4v) is 2.69. The van der Waals surface area contributed by atoms with Crippen molar-refractivity contribution in [2.24, 2.45) is 0 Å².